The van der Waals surface area contributed by atoms with Crippen molar-refractivity contribution < 1.29 is 38.3 Å². The van der Waals surface area contributed by atoms with E-state index in [9.17, 15) is 24.0 Å². The number of carbonyl (C=O) groups is 5. The number of aromatic nitrogens is 6. The maximum Gasteiger partial charge on any atom is 0.410 e. The summed E-state index contributed by atoms with van der Waals surface area (Å²) in [5.41, 5.74) is 8.19. The molecule has 0 spiro atoms. The minimum absolute atomic E-state index is 0.0600. The van der Waals surface area contributed by atoms with Gasteiger partial charge in [0, 0.05) is 88.7 Å². The van der Waals surface area contributed by atoms with E-state index in [1.165, 1.54) is 29.5 Å². The Morgan fingerprint density at radius 3 is 1.50 bits per heavy atom. The van der Waals surface area contributed by atoms with Crippen LogP contribution in [0.15, 0.2) is 150 Å². The Morgan fingerprint density at radius 1 is 0.576 bits per heavy atom. The lowest BCUT2D eigenvalue weighted by molar-refractivity contribution is 0.0188. The number of likely N-dealkylation sites (tertiary alicyclic amines) is 2. The third-order valence-corrected chi connectivity index (χ3v) is 16.6. The molecule has 3 atom stereocenters. The quantitative estimate of drug-likeness (QED) is 0.0820. The molecule has 6 heterocycles. The van der Waals surface area contributed by atoms with Crippen LogP contribution in [0, 0.1) is 0 Å². The Balaban J connectivity index is 0.000000154. The third kappa shape index (κ3) is 18.1. The van der Waals surface area contributed by atoms with Crippen LogP contribution in [-0.4, -0.2) is 125 Å². The predicted molar refractivity (Wildman–Crippen MR) is 364 cm³/mol. The lowest BCUT2D eigenvalue weighted by Crippen LogP contribution is -2.42. The number of ketones is 1. The second-order valence-electron chi connectivity index (χ2n) is 26.7. The van der Waals surface area contributed by atoms with E-state index in [4.69, 9.17) is 20.5 Å². The first-order valence-electron chi connectivity index (χ1n) is 31.6. The molecule has 3 amide bonds. The van der Waals surface area contributed by atoms with Gasteiger partial charge in [-0.1, -0.05) is 88.7 Å². The van der Waals surface area contributed by atoms with E-state index in [0.717, 1.165) is 95.9 Å². The van der Waals surface area contributed by atoms with Crippen molar-refractivity contribution in [2.24, 2.45) is 5.90 Å². The smallest absolute Gasteiger partial charge is 0.410 e. The Morgan fingerprint density at radius 2 is 1.03 bits per heavy atom. The monoisotopic (exact) mass is 1310 g/mol. The molecule has 92 heavy (non-hydrogen) atoms. The van der Waals surface area contributed by atoms with Crippen LogP contribution in [0.2, 0.25) is 0 Å². The third-order valence-electron chi connectivity index (χ3n) is 16.0. The number of hydrogen-bond acceptors (Lipinski definition) is 13. The molecule has 9 aromatic rings. The fraction of sp³-hybridized carbons (Fsp3) is 0.389. The minimum atomic E-state index is -0.587. The van der Waals surface area contributed by atoms with Crippen molar-refractivity contribution in [3.8, 4) is 11.4 Å². The van der Waals surface area contributed by atoms with Gasteiger partial charge in [-0.3, -0.25) is 14.7 Å². The predicted octanol–water partition coefficient (Wildman–Crippen LogP) is 14.5. The summed E-state index contributed by atoms with van der Waals surface area (Å²) < 4.78 is 15.7. The molecule has 0 aliphatic carbocycles. The molecule has 3 fully saturated rings. The summed E-state index contributed by atoms with van der Waals surface area (Å²) in [6.45, 7) is 23.9. The number of benzene rings is 6. The van der Waals surface area contributed by atoms with Crippen LogP contribution in [0.5, 0.6) is 0 Å². The van der Waals surface area contributed by atoms with Crippen molar-refractivity contribution in [2.75, 3.05) is 39.3 Å². The first-order valence-corrected chi connectivity index (χ1v) is 32.3. The standard InChI is InChI=1S/C28H36N4O3.C19H20N4O2.C16H22BrNO2.C9H8N2O/c1-27(2,3)29-25(33)23-11-7-9-21-18-32(30-24(21)23)22-14-12-19(13-15-22)20-10-8-16-31(17-20)26(34)35-28(4,5)6;20-25-19(24)17-5-1-3-15-12-23(22-18(15)17)16-8-6-13(7-9-16)14-4-2-10-21-11-14;1-16(2,3)20-15(19)18-10-4-5-13(11-18)12-6-8-14(17)9-7-12;1-6(12)8-4-2-3-7-5-10-11-9(7)8/h7,9,11-15,18,20H,8,10,16-17H2,1-6H3,(H,29,33);1,3,5-9,12,14,21H,2,4,10-11,20H2;6-9,13H,4-5,10-11H2,1-3H3;2-5H,1H3,(H,10,11)/t20-;14-;13-;/m111./s1. The van der Waals surface area contributed by atoms with Crippen LogP contribution in [-0.2, 0) is 14.3 Å². The molecule has 3 aliphatic heterocycles. The fourth-order valence-electron chi connectivity index (χ4n) is 11.6. The zero-order valence-electron chi connectivity index (χ0n) is 54.4. The minimum Gasteiger partial charge on any atom is -0.444 e. The largest absolute Gasteiger partial charge is 0.444 e. The van der Waals surface area contributed by atoms with Gasteiger partial charge in [-0.2, -0.15) is 21.2 Å². The summed E-state index contributed by atoms with van der Waals surface area (Å²) in [5.74, 6) is 5.61. The van der Waals surface area contributed by atoms with Gasteiger partial charge in [0.1, 0.15) is 22.2 Å². The molecule has 0 bridgehead atoms. The average molecular weight is 1310 g/mol. The number of carbonyl (C=O) groups excluding carboxylic acids is 5. The number of fused-ring (bicyclic) bond motifs is 3. The summed E-state index contributed by atoms with van der Waals surface area (Å²) in [6.07, 6.45) is 11.7. The number of amides is 3. The van der Waals surface area contributed by atoms with E-state index in [0.29, 0.717) is 46.1 Å². The van der Waals surface area contributed by atoms with Gasteiger partial charge in [0.15, 0.2) is 5.78 Å². The van der Waals surface area contributed by atoms with E-state index in [-0.39, 0.29) is 35.3 Å². The molecular formula is C72H86BrN11O8. The van der Waals surface area contributed by atoms with Gasteiger partial charge in [-0.15, -0.1) is 0 Å². The number of piperidine rings is 3. The van der Waals surface area contributed by atoms with Gasteiger partial charge >= 0.3 is 18.2 Å². The van der Waals surface area contributed by atoms with Crippen molar-refractivity contribution in [3.05, 3.63) is 184 Å². The number of nitrogens with one attached hydrogen (secondary N) is 3. The van der Waals surface area contributed by atoms with Crippen molar-refractivity contribution in [1.29, 1.82) is 0 Å². The number of aromatic amines is 1. The molecule has 3 saturated heterocycles. The molecule has 0 radical (unpaired) electrons. The van der Waals surface area contributed by atoms with Crippen LogP contribution in [0.1, 0.15) is 173 Å². The van der Waals surface area contributed by atoms with Crippen molar-refractivity contribution in [3.63, 3.8) is 0 Å². The Hall–Kier alpha value is -8.72. The van der Waals surface area contributed by atoms with Crippen molar-refractivity contribution in [1.82, 2.24) is 50.2 Å². The van der Waals surface area contributed by atoms with Crippen LogP contribution >= 0.6 is 15.9 Å². The fourth-order valence-corrected chi connectivity index (χ4v) is 11.9. The molecule has 3 aromatic heterocycles. The van der Waals surface area contributed by atoms with E-state index >= 15 is 0 Å². The number of halogens is 1. The molecule has 484 valence electrons. The Bertz CT molecular complexity index is 4000. The first kappa shape index (κ1) is 67.7. The normalized spacial score (nSPS) is 16.8. The molecule has 0 unspecified atom stereocenters. The number of para-hydroxylation sites is 1. The maximum absolute atomic E-state index is 12.8. The van der Waals surface area contributed by atoms with E-state index in [2.05, 4.69) is 107 Å². The van der Waals surface area contributed by atoms with Crippen molar-refractivity contribution >= 4 is 78.5 Å². The highest BCUT2D eigenvalue weighted by atomic mass is 79.9. The number of nitrogens with zero attached hydrogens (tertiary/aromatic N) is 7. The molecule has 6 aromatic carbocycles. The highest BCUT2D eigenvalue weighted by Crippen LogP contribution is 2.32. The van der Waals surface area contributed by atoms with E-state index < -0.39 is 17.2 Å². The summed E-state index contributed by atoms with van der Waals surface area (Å²) in [7, 11) is 0. The summed E-state index contributed by atoms with van der Waals surface area (Å²) in [5, 5.41) is 25.2. The van der Waals surface area contributed by atoms with Crippen LogP contribution in [0.4, 0.5) is 9.59 Å². The highest BCUT2D eigenvalue weighted by molar-refractivity contribution is 9.10. The highest BCUT2D eigenvalue weighted by Gasteiger charge is 2.30. The van der Waals surface area contributed by atoms with Gasteiger partial charge in [0.05, 0.1) is 34.2 Å². The summed E-state index contributed by atoms with van der Waals surface area (Å²) in [4.78, 5) is 68.4. The second kappa shape index (κ2) is 29.7. The number of ether oxygens (including phenoxy) is 2. The Labute approximate surface area is 546 Å². The van der Waals surface area contributed by atoms with Gasteiger partial charge in [0.2, 0.25) is 0 Å². The molecule has 12 rings (SSSR count). The van der Waals surface area contributed by atoms with E-state index in [1.54, 1.807) is 36.0 Å². The molecule has 19 nitrogen and oxygen atoms in total. The van der Waals surface area contributed by atoms with Gasteiger partial charge in [0.25, 0.3) is 5.91 Å². The first-order chi connectivity index (χ1) is 43.8. The molecule has 5 N–H and O–H groups in total. The number of nitrogens with two attached hydrogens (primary N) is 1. The lowest BCUT2D eigenvalue weighted by Gasteiger charge is -2.34. The number of rotatable bonds is 8. The van der Waals surface area contributed by atoms with E-state index in [1.807, 2.05) is 138 Å². The summed E-state index contributed by atoms with van der Waals surface area (Å²) in [6, 6.07) is 41.7. The molecule has 3 aliphatic rings. The molecular weight excluding hydrogens is 1230 g/mol. The lowest BCUT2D eigenvalue weighted by atomic mass is 9.91. The number of hydrogen-bond donors (Lipinski definition) is 4. The van der Waals surface area contributed by atoms with Crippen LogP contribution in [0.25, 0.3) is 44.1 Å². The SMILES string of the molecule is CC(=O)c1cccc2cn[nH]c12.CC(C)(C)NC(=O)c1cccc2cn(-c3ccc([C@@H]4CCCN(C(=O)OC(C)(C)C)C4)cc3)nc12.CC(C)(C)OC(=O)N1CCC[C@@H](c2ccc(Br)cc2)C1.NOC(=O)c1cccc2cn(-c3ccc([C@@H]4CCCNC4)cc3)nc12. The summed E-state index contributed by atoms with van der Waals surface area (Å²) >= 11 is 3.45. The zero-order chi connectivity index (χ0) is 65.9. The van der Waals surface area contributed by atoms with Gasteiger partial charge in [-0.25, -0.2) is 23.7 Å². The second-order valence-corrected chi connectivity index (χ2v) is 27.7. The average Bonchev–Trinajstić information content (AvgIpc) is 1.65. The number of Topliss-reactive ketones (excluding diaryl/α,β-unsaturated/α-hetero) is 1. The van der Waals surface area contributed by atoms with Gasteiger partial charge < -0.3 is 34.7 Å². The van der Waals surface area contributed by atoms with Crippen LogP contribution in [0.3, 0.4) is 0 Å². The number of H-pyrrole nitrogens is 1. The topological polar surface area (TPSA) is 234 Å². The molecule has 0 saturated carbocycles. The zero-order valence-corrected chi connectivity index (χ0v) is 56.0. The van der Waals surface area contributed by atoms with Crippen LogP contribution < -0.4 is 16.5 Å². The van der Waals surface area contributed by atoms with Gasteiger partial charge in [-0.05, 0) is 192 Å². The molecule has 20 heteroatoms. The Kier molecular flexibility index (Phi) is 21.8. The maximum atomic E-state index is 12.8. The van der Waals surface area contributed by atoms with Crippen molar-refractivity contribution in [2.45, 2.75) is 142 Å².